The number of nitrogens with one attached hydrogen (secondary N) is 1. The Hall–Kier alpha value is -1.14. The number of amides is 1. The van der Waals surface area contributed by atoms with Gasteiger partial charge in [-0.3, -0.25) is 14.5 Å². The summed E-state index contributed by atoms with van der Waals surface area (Å²) in [5, 5.41) is 12.2. The summed E-state index contributed by atoms with van der Waals surface area (Å²) in [4.78, 5) is 25.5. The lowest BCUT2D eigenvalue weighted by atomic mass is 9.88. The summed E-state index contributed by atoms with van der Waals surface area (Å²) in [5.74, 6) is -1.34. The SMILES string of the molecule is CC(C)CNC(=O)C1C[C@H](C(=O)O)CN(COC(C)(C)C)C1. The summed E-state index contributed by atoms with van der Waals surface area (Å²) in [7, 11) is 0. The lowest BCUT2D eigenvalue weighted by Gasteiger charge is -2.36. The second-order valence-corrected chi connectivity index (χ2v) is 7.53. The van der Waals surface area contributed by atoms with E-state index >= 15 is 0 Å². The average molecular weight is 314 g/mol. The molecule has 0 saturated carbocycles. The maximum atomic E-state index is 12.2. The molecule has 6 nitrogen and oxygen atoms in total. The topological polar surface area (TPSA) is 78.9 Å². The number of aliphatic carboxylic acids is 1. The minimum absolute atomic E-state index is 0.0552. The Morgan fingerprint density at radius 3 is 2.36 bits per heavy atom. The Bertz CT molecular complexity index is 390. The monoisotopic (exact) mass is 314 g/mol. The summed E-state index contributed by atoms with van der Waals surface area (Å²) < 4.78 is 5.72. The van der Waals surface area contributed by atoms with E-state index in [2.05, 4.69) is 5.32 Å². The molecule has 1 fully saturated rings. The van der Waals surface area contributed by atoms with E-state index in [9.17, 15) is 14.7 Å². The van der Waals surface area contributed by atoms with Crippen LogP contribution in [0.5, 0.6) is 0 Å². The van der Waals surface area contributed by atoms with Crippen molar-refractivity contribution in [3.63, 3.8) is 0 Å². The van der Waals surface area contributed by atoms with E-state index in [0.29, 0.717) is 38.7 Å². The number of carboxylic acids is 1. The van der Waals surface area contributed by atoms with Crippen molar-refractivity contribution in [2.75, 3.05) is 26.4 Å². The number of rotatable bonds is 6. The molecule has 1 saturated heterocycles. The second kappa shape index (κ2) is 7.92. The summed E-state index contributed by atoms with van der Waals surface area (Å²) in [5.41, 5.74) is -0.286. The van der Waals surface area contributed by atoms with Crippen LogP contribution in [-0.2, 0) is 14.3 Å². The second-order valence-electron chi connectivity index (χ2n) is 7.53. The van der Waals surface area contributed by atoms with Crippen LogP contribution in [0.3, 0.4) is 0 Å². The smallest absolute Gasteiger partial charge is 0.307 e. The van der Waals surface area contributed by atoms with E-state index in [1.807, 2.05) is 39.5 Å². The van der Waals surface area contributed by atoms with Crippen molar-refractivity contribution in [3.8, 4) is 0 Å². The molecular formula is C16H30N2O4. The predicted octanol–water partition coefficient (Wildman–Crippen LogP) is 1.55. The van der Waals surface area contributed by atoms with Gasteiger partial charge in [0.2, 0.25) is 5.91 Å². The Morgan fingerprint density at radius 2 is 1.86 bits per heavy atom. The molecule has 0 aromatic rings. The number of hydrogen-bond acceptors (Lipinski definition) is 4. The highest BCUT2D eigenvalue weighted by Crippen LogP contribution is 2.23. The zero-order chi connectivity index (χ0) is 16.9. The van der Waals surface area contributed by atoms with E-state index < -0.39 is 11.9 Å². The Balaban J connectivity index is 2.64. The van der Waals surface area contributed by atoms with E-state index in [1.54, 1.807) is 0 Å². The van der Waals surface area contributed by atoms with Crippen LogP contribution in [0.2, 0.25) is 0 Å². The van der Waals surface area contributed by atoms with Gasteiger partial charge in [0.05, 0.1) is 24.2 Å². The van der Waals surface area contributed by atoms with Crippen molar-refractivity contribution in [2.45, 2.75) is 46.6 Å². The highest BCUT2D eigenvalue weighted by Gasteiger charge is 2.35. The molecule has 128 valence electrons. The molecular weight excluding hydrogens is 284 g/mol. The first-order valence-electron chi connectivity index (χ1n) is 7.95. The Kier molecular flexibility index (Phi) is 6.81. The van der Waals surface area contributed by atoms with Crippen molar-refractivity contribution in [1.29, 1.82) is 0 Å². The van der Waals surface area contributed by atoms with Crippen molar-refractivity contribution >= 4 is 11.9 Å². The molecule has 2 atom stereocenters. The summed E-state index contributed by atoms with van der Waals surface area (Å²) >= 11 is 0. The summed E-state index contributed by atoms with van der Waals surface area (Å²) in [6, 6.07) is 0. The zero-order valence-electron chi connectivity index (χ0n) is 14.4. The minimum atomic E-state index is -0.845. The fraction of sp³-hybridized carbons (Fsp3) is 0.875. The first-order valence-corrected chi connectivity index (χ1v) is 7.95. The summed E-state index contributed by atoms with van der Waals surface area (Å²) in [6.45, 7) is 11.9. The van der Waals surface area contributed by atoms with Gasteiger partial charge in [0.25, 0.3) is 0 Å². The van der Waals surface area contributed by atoms with Gasteiger partial charge in [-0.25, -0.2) is 0 Å². The van der Waals surface area contributed by atoms with Gasteiger partial charge in [-0.1, -0.05) is 13.8 Å². The van der Waals surface area contributed by atoms with Crippen LogP contribution in [0.15, 0.2) is 0 Å². The van der Waals surface area contributed by atoms with E-state index in [-0.39, 0.29) is 17.4 Å². The molecule has 1 amide bonds. The normalized spacial score (nSPS) is 23.5. The third-order valence-corrected chi connectivity index (χ3v) is 3.61. The van der Waals surface area contributed by atoms with E-state index in [1.165, 1.54) is 0 Å². The van der Waals surface area contributed by atoms with Crippen LogP contribution < -0.4 is 5.32 Å². The van der Waals surface area contributed by atoms with Gasteiger partial charge >= 0.3 is 5.97 Å². The van der Waals surface area contributed by atoms with Crippen LogP contribution in [0, 0.1) is 17.8 Å². The number of hydrogen-bond donors (Lipinski definition) is 2. The van der Waals surface area contributed by atoms with Gasteiger partial charge in [-0.2, -0.15) is 0 Å². The Morgan fingerprint density at radius 1 is 1.27 bits per heavy atom. The van der Waals surface area contributed by atoms with Crippen molar-refractivity contribution in [2.24, 2.45) is 17.8 Å². The van der Waals surface area contributed by atoms with Gasteiger partial charge in [0, 0.05) is 19.6 Å². The molecule has 0 bridgehead atoms. The fourth-order valence-corrected chi connectivity index (χ4v) is 2.40. The number of carbonyl (C=O) groups excluding carboxylic acids is 1. The van der Waals surface area contributed by atoms with Gasteiger partial charge in [0.15, 0.2) is 0 Å². The number of carboxylic acid groups (broad SMARTS) is 1. The standard InChI is InChI=1S/C16H30N2O4/c1-11(2)7-17-14(19)12-6-13(15(20)21)9-18(8-12)10-22-16(3,4)5/h11-13H,6-10H2,1-5H3,(H,17,19)(H,20,21)/t12?,13-/m0/s1. The largest absolute Gasteiger partial charge is 0.481 e. The van der Waals surface area contributed by atoms with Crippen LogP contribution in [0.25, 0.3) is 0 Å². The molecule has 1 aliphatic heterocycles. The van der Waals surface area contributed by atoms with Gasteiger partial charge in [-0.15, -0.1) is 0 Å². The van der Waals surface area contributed by atoms with Crippen molar-refractivity contribution < 1.29 is 19.4 Å². The molecule has 0 radical (unpaired) electrons. The maximum absolute atomic E-state index is 12.2. The minimum Gasteiger partial charge on any atom is -0.481 e. The molecule has 1 aliphatic rings. The van der Waals surface area contributed by atoms with Crippen LogP contribution >= 0.6 is 0 Å². The predicted molar refractivity (Wildman–Crippen MR) is 84.4 cm³/mol. The first-order chi connectivity index (χ1) is 10.1. The van der Waals surface area contributed by atoms with Crippen molar-refractivity contribution in [3.05, 3.63) is 0 Å². The molecule has 0 spiro atoms. The van der Waals surface area contributed by atoms with E-state index in [0.717, 1.165) is 0 Å². The first kappa shape index (κ1) is 18.9. The van der Waals surface area contributed by atoms with Gasteiger partial charge < -0.3 is 15.2 Å². The highest BCUT2D eigenvalue weighted by atomic mass is 16.5. The molecule has 6 heteroatoms. The van der Waals surface area contributed by atoms with Gasteiger partial charge in [0.1, 0.15) is 0 Å². The zero-order valence-corrected chi connectivity index (χ0v) is 14.4. The molecule has 1 heterocycles. The molecule has 2 N–H and O–H groups in total. The number of nitrogens with zero attached hydrogens (tertiary/aromatic N) is 1. The fourth-order valence-electron chi connectivity index (χ4n) is 2.40. The summed E-state index contributed by atoms with van der Waals surface area (Å²) in [6.07, 6.45) is 0.394. The molecule has 1 rings (SSSR count). The molecule has 22 heavy (non-hydrogen) atoms. The molecule has 0 aromatic carbocycles. The lowest BCUT2D eigenvalue weighted by molar-refractivity contribution is -0.148. The maximum Gasteiger partial charge on any atom is 0.307 e. The molecule has 1 unspecified atom stereocenters. The van der Waals surface area contributed by atoms with Crippen LogP contribution in [0.1, 0.15) is 41.0 Å². The van der Waals surface area contributed by atoms with Crippen molar-refractivity contribution in [1.82, 2.24) is 10.2 Å². The molecule has 0 aliphatic carbocycles. The quantitative estimate of drug-likeness (QED) is 0.778. The number of piperidine rings is 1. The van der Waals surface area contributed by atoms with E-state index in [4.69, 9.17) is 4.74 Å². The van der Waals surface area contributed by atoms with Gasteiger partial charge in [-0.05, 0) is 33.1 Å². The third kappa shape index (κ3) is 6.75. The molecule has 0 aromatic heterocycles. The Labute approximate surface area is 133 Å². The average Bonchev–Trinajstić information content (AvgIpc) is 2.41. The third-order valence-electron chi connectivity index (χ3n) is 3.61. The van der Waals surface area contributed by atoms with Crippen LogP contribution in [-0.4, -0.2) is 53.8 Å². The van der Waals surface area contributed by atoms with Crippen LogP contribution in [0.4, 0.5) is 0 Å². The number of ether oxygens (including phenoxy) is 1. The highest BCUT2D eigenvalue weighted by molar-refractivity contribution is 5.80. The lowest BCUT2D eigenvalue weighted by Crippen LogP contribution is -2.49. The number of carbonyl (C=O) groups is 2. The number of likely N-dealkylation sites (tertiary alicyclic amines) is 1.